The number of hydrogen-bond acceptors (Lipinski definition) is 8. The maximum absolute atomic E-state index is 13.2. The van der Waals surface area contributed by atoms with Gasteiger partial charge in [-0.15, -0.1) is 0 Å². The third-order valence-electron chi connectivity index (χ3n) is 5.98. The quantitative estimate of drug-likeness (QED) is 0.424. The lowest BCUT2D eigenvalue weighted by molar-refractivity contribution is -0.120. The van der Waals surface area contributed by atoms with Crippen molar-refractivity contribution in [2.45, 2.75) is 25.8 Å². The van der Waals surface area contributed by atoms with E-state index < -0.39 is 6.04 Å². The Balaban J connectivity index is 2.14. The first kappa shape index (κ1) is 26.8. The van der Waals surface area contributed by atoms with Crippen LogP contribution in [0.4, 0.5) is 5.69 Å². The van der Waals surface area contributed by atoms with Gasteiger partial charge in [0.15, 0.2) is 11.5 Å². The lowest BCUT2D eigenvalue weighted by Gasteiger charge is -2.19. The van der Waals surface area contributed by atoms with Crippen molar-refractivity contribution in [1.82, 2.24) is 10.6 Å². The topological polar surface area (TPSA) is 124 Å². The molecule has 1 aliphatic carbocycles. The van der Waals surface area contributed by atoms with Crippen LogP contribution in [0, 0.1) is 0 Å². The van der Waals surface area contributed by atoms with Gasteiger partial charge in [-0.05, 0) is 47.7 Å². The number of fused-ring (bicyclic) bond motifs is 3. The van der Waals surface area contributed by atoms with Crippen LogP contribution < -0.4 is 35.6 Å². The van der Waals surface area contributed by atoms with Crippen molar-refractivity contribution in [3.05, 3.63) is 45.6 Å². The molecule has 2 aromatic carbocycles. The largest absolute Gasteiger partial charge is 0.493 e. The average molecular weight is 500 g/mol. The number of carbonyl (C=O) groups is 2. The molecule has 0 unspecified atom stereocenters. The van der Waals surface area contributed by atoms with Crippen molar-refractivity contribution in [1.29, 1.82) is 0 Å². The monoisotopic (exact) mass is 499 g/mol. The third-order valence-corrected chi connectivity index (χ3v) is 5.98. The van der Waals surface area contributed by atoms with Gasteiger partial charge in [0.1, 0.15) is 0 Å². The minimum atomic E-state index is -0.406. The molecule has 2 amide bonds. The fraction of sp³-hybridized carbons (Fsp3) is 0.423. The summed E-state index contributed by atoms with van der Waals surface area (Å²) in [5, 5.41) is 8.59. The first-order valence-corrected chi connectivity index (χ1v) is 11.6. The number of amides is 2. The van der Waals surface area contributed by atoms with Crippen LogP contribution in [-0.2, 0) is 20.7 Å². The Morgan fingerprint density at radius 2 is 1.78 bits per heavy atom. The summed E-state index contributed by atoms with van der Waals surface area (Å²) in [6.07, 6.45) is 1.17. The minimum absolute atomic E-state index is 0.0757. The zero-order chi connectivity index (χ0) is 26.2. The van der Waals surface area contributed by atoms with E-state index in [-0.39, 0.29) is 29.5 Å². The number of hydrogen-bond donors (Lipinski definition) is 3. The number of carbonyl (C=O) groups excluding carboxylic acids is 2. The van der Waals surface area contributed by atoms with Crippen molar-refractivity contribution in [2.75, 3.05) is 53.5 Å². The first-order valence-electron chi connectivity index (χ1n) is 11.6. The van der Waals surface area contributed by atoms with Crippen molar-refractivity contribution < 1.29 is 28.5 Å². The van der Waals surface area contributed by atoms with Gasteiger partial charge in [-0.3, -0.25) is 14.4 Å². The smallest absolute Gasteiger partial charge is 0.239 e. The van der Waals surface area contributed by atoms with Crippen LogP contribution in [-0.4, -0.2) is 59.9 Å². The highest BCUT2D eigenvalue weighted by atomic mass is 16.5. The maximum Gasteiger partial charge on any atom is 0.239 e. The van der Waals surface area contributed by atoms with Gasteiger partial charge in [0.05, 0.1) is 46.2 Å². The van der Waals surface area contributed by atoms with E-state index in [1.165, 1.54) is 20.1 Å². The molecule has 1 aliphatic rings. The second kappa shape index (κ2) is 12.3. The molecule has 0 spiro atoms. The van der Waals surface area contributed by atoms with Crippen molar-refractivity contribution in [3.8, 4) is 28.4 Å². The van der Waals surface area contributed by atoms with Gasteiger partial charge in [-0.2, -0.15) is 0 Å². The van der Waals surface area contributed by atoms with Crippen LogP contribution in [0.25, 0.3) is 11.1 Å². The number of benzene rings is 1. The van der Waals surface area contributed by atoms with Crippen molar-refractivity contribution >= 4 is 17.5 Å². The Labute approximate surface area is 210 Å². The molecule has 0 fully saturated rings. The Hall–Kier alpha value is -3.79. The second-order valence-corrected chi connectivity index (χ2v) is 8.29. The van der Waals surface area contributed by atoms with Crippen molar-refractivity contribution in [2.24, 2.45) is 0 Å². The van der Waals surface area contributed by atoms with E-state index in [0.717, 1.165) is 11.1 Å². The lowest BCUT2D eigenvalue weighted by atomic mass is 9.95. The van der Waals surface area contributed by atoms with Crippen LogP contribution in [0.2, 0.25) is 0 Å². The standard InChI is InChI=1S/C26H33N3O7/c1-15(30)29-19-8-6-16-12-22(34-3)25(35-4)26(36-5)24(16)17-7-9-20(21(31)13-18(17)19)28-14-23(32)27-10-11-33-2/h7,9,12-13,19H,6,8,10-11,14H2,1-5H3,(H,27,32)(H,28,31)(H,29,30)/t19-/m0/s1. The van der Waals surface area contributed by atoms with E-state index in [1.54, 1.807) is 33.5 Å². The predicted molar refractivity (Wildman–Crippen MR) is 136 cm³/mol. The number of methoxy groups -OCH3 is 4. The molecule has 0 radical (unpaired) electrons. The van der Waals surface area contributed by atoms with Gasteiger partial charge in [0, 0.05) is 26.1 Å². The molecular formula is C26H33N3O7. The summed E-state index contributed by atoms with van der Waals surface area (Å²) in [7, 11) is 6.19. The zero-order valence-electron chi connectivity index (χ0n) is 21.3. The van der Waals surface area contributed by atoms with Crippen LogP contribution in [0.15, 0.2) is 29.1 Å². The van der Waals surface area contributed by atoms with Gasteiger partial charge in [-0.1, -0.05) is 6.07 Å². The molecule has 0 saturated heterocycles. The molecule has 1 atom stereocenters. The van der Waals surface area contributed by atoms with Crippen molar-refractivity contribution in [3.63, 3.8) is 0 Å². The summed E-state index contributed by atoms with van der Waals surface area (Å²) >= 11 is 0. The molecule has 0 saturated carbocycles. The molecule has 0 bridgehead atoms. The molecule has 36 heavy (non-hydrogen) atoms. The Kier molecular flexibility index (Phi) is 9.13. The van der Waals surface area contributed by atoms with E-state index in [1.807, 2.05) is 6.07 Å². The second-order valence-electron chi connectivity index (χ2n) is 8.29. The molecule has 3 rings (SSSR count). The van der Waals surface area contributed by atoms with Crippen LogP contribution in [0.3, 0.4) is 0 Å². The van der Waals surface area contributed by atoms with Crippen LogP contribution in [0.1, 0.15) is 30.5 Å². The minimum Gasteiger partial charge on any atom is -0.493 e. The molecule has 0 aliphatic heterocycles. The van der Waals surface area contributed by atoms with E-state index in [9.17, 15) is 14.4 Å². The molecular weight excluding hydrogens is 466 g/mol. The molecule has 0 aromatic heterocycles. The van der Waals surface area contributed by atoms with Gasteiger partial charge < -0.3 is 34.9 Å². The highest BCUT2D eigenvalue weighted by Crippen LogP contribution is 2.50. The SMILES string of the molecule is COCCNC(=O)CNc1ccc2c(cc1=O)[C@@H](NC(C)=O)CCc1cc(OC)c(OC)c(OC)c1-2. The zero-order valence-corrected chi connectivity index (χ0v) is 21.3. The number of anilines is 1. The fourth-order valence-corrected chi connectivity index (χ4v) is 4.38. The molecule has 2 aromatic rings. The Bertz CT molecular complexity index is 1180. The van der Waals surface area contributed by atoms with E-state index >= 15 is 0 Å². The maximum atomic E-state index is 13.2. The predicted octanol–water partition coefficient (Wildman–Crippen LogP) is 2.04. The van der Waals surface area contributed by atoms with Gasteiger partial charge in [-0.25, -0.2) is 0 Å². The lowest BCUT2D eigenvalue weighted by Crippen LogP contribution is -2.33. The van der Waals surface area contributed by atoms with Gasteiger partial charge >= 0.3 is 0 Å². The fourth-order valence-electron chi connectivity index (χ4n) is 4.38. The van der Waals surface area contributed by atoms with E-state index in [4.69, 9.17) is 18.9 Å². The summed E-state index contributed by atoms with van der Waals surface area (Å²) in [5.74, 6) is 0.965. The summed E-state index contributed by atoms with van der Waals surface area (Å²) in [6, 6.07) is 6.43. The Morgan fingerprint density at radius 3 is 2.42 bits per heavy atom. The number of ether oxygens (including phenoxy) is 4. The normalized spacial score (nSPS) is 14.0. The van der Waals surface area contributed by atoms with Gasteiger partial charge in [0.2, 0.25) is 23.0 Å². The summed E-state index contributed by atoms with van der Waals surface area (Å²) < 4.78 is 21.8. The van der Waals surface area contributed by atoms with Gasteiger partial charge in [0.25, 0.3) is 0 Å². The highest BCUT2D eigenvalue weighted by molar-refractivity contribution is 5.84. The van der Waals surface area contributed by atoms with E-state index in [2.05, 4.69) is 16.0 Å². The summed E-state index contributed by atoms with van der Waals surface area (Å²) in [6.45, 7) is 2.14. The highest BCUT2D eigenvalue weighted by Gasteiger charge is 2.29. The molecule has 0 heterocycles. The number of rotatable bonds is 10. The number of aryl methyl sites for hydroxylation is 1. The molecule has 3 N–H and O–H groups in total. The molecule has 194 valence electrons. The Morgan fingerprint density at radius 1 is 1.03 bits per heavy atom. The van der Waals surface area contributed by atoms with Crippen LogP contribution in [0.5, 0.6) is 17.2 Å². The summed E-state index contributed by atoms with van der Waals surface area (Å²) in [5.41, 5.74) is 3.01. The average Bonchev–Trinajstić information content (AvgIpc) is 3.10. The summed E-state index contributed by atoms with van der Waals surface area (Å²) in [4.78, 5) is 37.3. The number of nitrogens with one attached hydrogen (secondary N) is 3. The molecule has 10 nitrogen and oxygen atoms in total. The van der Waals surface area contributed by atoms with E-state index in [0.29, 0.717) is 54.4 Å². The molecule has 10 heteroatoms. The third kappa shape index (κ3) is 5.88. The first-order chi connectivity index (χ1) is 17.3. The van der Waals surface area contributed by atoms with Crippen LogP contribution >= 0.6 is 0 Å².